The van der Waals surface area contributed by atoms with Gasteiger partial charge in [0.05, 0.1) is 38.6 Å². The van der Waals surface area contributed by atoms with Gasteiger partial charge in [0.15, 0.2) is 12.4 Å². The largest absolute Gasteiger partial charge is 0.484 e. The minimum absolute atomic E-state index is 0.0652. The Balaban J connectivity index is 0.892. The number of fused-ring (bicyclic) bond motifs is 4. The number of benzene rings is 2. The first-order chi connectivity index (χ1) is 26.1. The Labute approximate surface area is 328 Å². The van der Waals surface area contributed by atoms with Crippen molar-refractivity contribution < 1.29 is 28.6 Å². The summed E-state index contributed by atoms with van der Waals surface area (Å²) in [7, 11) is 0. The van der Waals surface area contributed by atoms with Crippen LogP contribution in [0, 0.1) is 20.8 Å². The lowest BCUT2D eigenvalue weighted by Gasteiger charge is -2.29. The van der Waals surface area contributed by atoms with E-state index in [1.54, 1.807) is 22.3 Å². The average Bonchev–Trinajstić information content (AvgIpc) is 3.65. The Morgan fingerprint density at radius 3 is 2.39 bits per heavy atom. The zero-order chi connectivity index (χ0) is 38.2. The summed E-state index contributed by atoms with van der Waals surface area (Å²) in [5, 5.41) is 16.1. The summed E-state index contributed by atoms with van der Waals surface area (Å²) in [4.78, 5) is 45.6. The number of aliphatic imine (C=N–C) groups is 1. The van der Waals surface area contributed by atoms with E-state index in [0.717, 1.165) is 57.3 Å². The lowest BCUT2D eigenvalue weighted by atomic mass is 9.99. The van der Waals surface area contributed by atoms with Crippen molar-refractivity contribution >= 4 is 63.7 Å². The summed E-state index contributed by atoms with van der Waals surface area (Å²) in [5.74, 6) is 1.28. The van der Waals surface area contributed by atoms with Gasteiger partial charge in [-0.1, -0.05) is 23.7 Å². The van der Waals surface area contributed by atoms with Crippen LogP contribution in [0.4, 0.5) is 5.69 Å². The second-order valence-electron chi connectivity index (χ2n) is 12.9. The fourth-order valence-corrected chi connectivity index (χ4v) is 7.91. The number of nitrogens with zero attached hydrogens (tertiary/aromatic N) is 5. The highest BCUT2D eigenvalue weighted by Crippen LogP contribution is 2.39. The molecule has 0 fully saturated rings. The maximum atomic E-state index is 13.2. The van der Waals surface area contributed by atoms with Crippen molar-refractivity contribution in [3.8, 4) is 10.8 Å². The van der Waals surface area contributed by atoms with Crippen LogP contribution >= 0.6 is 34.5 Å². The zero-order valence-electron chi connectivity index (χ0n) is 30.5. The van der Waals surface area contributed by atoms with Crippen LogP contribution in [0.25, 0.3) is 5.00 Å². The molecular formula is C38H43Cl2N7O6S. The lowest BCUT2D eigenvalue weighted by Crippen LogP contribution is -2.36. The lowest BCUT2D eigenvalue weighted by molar-refractivity contribution is -0.123. The van der Waals surface area contributed by atoms with E-state index >= 15 is 0 Å². The number of aromatic nitrogens is 3. The van der Waals surface area contributed by atoms with Gasteiger partial charge in [0.1, 0.15) is 28.5 Å². The number of aryl methyl sites for hydroxylation is 3. The standard InChI is InChI=1S/C38H43Cl2N7O6S/c1-23-24(2)54-38-35(23)36(26-6-8-28(40)9-7-26)43-30(37-45-44-25(3)47(37)38)20-32(48)41-12-15-51-17-18-52-16-13-42-33(49)22-53-29-10-11-31-27(19-29)5-4-14-46(31)34(50)21-39/h6-11,19,30H,4-5,12-18,20-22H2,1-3H3,(H,41,48)(H,42,49)/t30-/m0/s1. The van der Waals surface area contributed by atoms with E-state index in [1.165, 1.54) is 4.88 Å². The number of alkyl halides is 1. The van der Waals surface area contributed by atoms with Gasteiger partial charge in [-0.2, -0.15) is 0 Å². The molecule has 2 aliphatic rings. The first kappa shape index (κ1) is 39.4. The minimum atomic E-state index is -0.554. The van der Waals surface area contributed by atoms with Crippen LogP contribution in [0.3, 0.4) is 0 Å². The van der Waals surface area contributed by atoms with Gasteiger partial charge >= 0.3 is 0 Å². The maximum absolute atomic E-state index is 13.2. The topological polar surface area (TPSA) is 149 Å². The number of hydrogen-bond acceptors (Lipinski definition) is 10. The highest BCUT2D eigenvalue weighted by Gasteiger charge is 2.32. The first-order valence-corrected chi connectivity index (χ1v) is 19.5. The SMILES string of the molecule is Cc1sc2c(c1C)C(c1ccc(Cl)cc1)=N[C@@H](CC(=O)NCCOCCOCCNC(=O)COc1ccc3c(c1)CCCN3C(=O)CCl)c1nnc(C)n1-2. The molecule has 2 aromatic heterocycles. The van der Waals surface area contributed by atoms with Crippen molar-refractivity contribution in [2.24, 2.45) is 4.99 Å². The molecule has 6 rings (SSSR count). The van der Waals surface area contributed by atoms with Crippen molar-refractivity contribution in [2.45, 2.75) is 46.1 Å². The van der Waals surface area contributed by atoms with E-state index in [0.29, 0.717) is 62.7 Å². The fraction of sp³-hybridized carbons (Fsp3) is 0.421. The number of carbonyl (C=O) groups is 3. The van der Waals surface area contributed by atoms with Crippen LogP contribution in [0.2, 0.25) is 5.02 Å². The highest BCUT2D eigenvalue weighted by atomic mass is 35.5. The van der Waals surface area contributed by atoms with Crippen LogP contribution in [0.1, 0.15) is 57.7 Å². The molecule has 16 heteroatoms. The highest BCUT2D eigenvalue weighted by molar-refractivity contribution is 7.15. The molecule has 0 radical (unpaired) electrons. The molecule has 0 spiro atoms. The Hall–Kier alpha value is -4.34. The van der Waals surface area contributed by atoms with E-state index in [1.807, 2.05) is 47.9 Å². The summed E-state index contributed by atoms with van der Waals surface area (Å²) in [5.41, 5.74) is 5.68. The quantitative estimate of drug-likeness (QED) is 0.118. The third kappa shape index (κ3) is 9.29. The van der Waals surface area contributed by atoms with E-state index in [-0.39, 0.29) is 36.6 Å². The minimum Gasteiger partial charge on any atom is -0.484 e. The molecule has 0 saturated carbocycles. The second kappa shape index (κ2) is 18.3. The number of rotatable bonds is 16. The molecule has 2 aliphatic heterocycles. The molecule has 54 heavy (non-hydrogen) atoms. The van der Waals surface area contributed by atoms with Gasteiger partial charge in [-0.3, -0.25) is 23.9 Å². The third-order valence-corrected chi connectivity index (χ3v) is 10.9. The molecule has 1 atom stereocenters. The predicted molar refractivity (Wildman–Crippen MR) is 209 cm³/mol. The number of thiophene rings is 1. The van der Waals surface area contributed by atoms with E-state index in [9.17, 15) is 14.4 Å². The normalized spacial score (nSPS) is 14.7. The number of ether oxygens (including phenoxy) is 3. The van der Waals surface area contributed by atoms with Crippen molar-refractivity contribution in [1.82, 2.24) is 25.4 Å². The van der Waals surface area contributed by atoms with Crippen LogP contribution in [-0.2, 0) is 30.3 Å². The van der Waals surface area contributed by atoms with Crippen molar-refractivity contribution in [3.05, 3.63) is 86.3 Å². The molecule has 4 heterocycles. The van der Waals surface area contributed by atoms with Gasteiger partial charge in [-0.05, 0) is 75.1 Å². The van der Waals surface area contributed by atoms with Crippen LogP contribution < -0.4 is 20.3 Å². The Morgan fingerprint density at radius 2 is 1.67 bits per heavy atom. The molecule has 4 aromatic rings. The molecule has 2 aromatic carbocycles. The Kier molecular flexibility index (Phi) is 13.4. The van der Waals surface area contributed by atoms with Gasteiger partial charge in [-0.15, -0.1) is 33.1 Å². The third-order valence-electron chi connectivity index (χ3n) is 9.20. The van der Waals surface area contributed by atoms with Crippen LogP contribution in [0.5, 0.6) is 5.75 Å². The molecule has 0 aliphatic carbocycles. The molecular weight excluding hydrogens is 753 g/mol. The predicted octanol–water partition coefficient (Wildman–Crippen LogP) is 5.05. The number of anilines is 1. The summed E-state index contributed by atoms with van der Waals surface area (Å²) in [6, 6.07) is 12.5. The molecule has 13 nitrogen and oxygen atoms in total. The van der Waals surface area contributed by atoms with Gasteiger partial charge < -0.3 is 29.7 Å². The molecule has 2 N–H and O–H groups in total. The van der Waals surface area contributed by atoms with Crippen LogP contribution in [0.15, 0.2) is 47.5 Å². The molecule has 0 unspecified atom stereocenters. The second-order valence-corrected chi connectivity index (χ2v) is 14.8. The van der Waals surface area contributed by atoms with E-state index < -0.39 is 6.04 Å². The van der Waals surface area contributed by atoms with Gasteiger partial charge in [0, 0.05) is 46.3 Å². The summed E-state index contributed by atoms with van der Waals surface area (Å²) >= 11 is 13.6. The maximum Gasteiger partial charge on any atom is 0.258 e. The van der Waals surface area contributed by atoms with Gasteiger partial charge in [0.25, 0.3) is 5.91 Å². The van der Waals surface area contributed by atoms with Gasteiger partial charge in [0.2, 0.25) is 11.8 Å². The summed E-state index contributed by atoms with van der Waals surface area (Å²) in [6.07, 6.45) is 1.76. The Morgan fingerprint density at radius 1 is 0.944 bits per heavy atom. The van der Waals surface area contributed by atoms with Crippen molar-refractivity contribution in [3.63, 3.8) is 0 Å². The monoisotopic (exact) mass is 795 g/mol. The number of halogens is 2. The van der Waals surface area contributed by atoms with E-state index in [2.05, 4.69) is 34.7 Å². The summed E-state index contributed by atoms with van der Waals surface area (Å²) in [6.45, 7) is 8.52. The first-order valence-electron chi connectivity index (χ1n) is 17.8. The smallest absolute Gasteiger partial charge is 0.258 e. The van der Waals surface area contributed by atoms with Crippen LogP contribution in [-0.4, -0.2) is 96.7 Å². The molecule has 286 valence electrons. The number of carbonyl (C=O) groups excluding carboxylic acids is 3. The fourth-order valence-electron chi connectivity index (χ4n) is 6.42. The molecule has 0 bridgehead atoms. The van der Waals surface area contributed by atoms with Crippen molar-refractivity contribution in [2.75, 3.05) is 63.4 Å². The van der Waals surface area contributed by atoms with Gasteiger partial charge in [-0.25, -0.2) is 0 Å². The average molecular weight is 797 g/mol. The molecule has 0 saturated heterocycles. The van der Waals surface area contributed by atoms with Crippen molar-refractivity contribution in [1.29, 1.82) is 0 Å². The summed E-state index contributed by atoms with van der Waals surface area (Å²) < 4.78 is 18.9. The Bertz CT molecular complexity index is 2020. The van der Waals surface area contributed by atoms with E-state index in [4.69, 9.17) is 42.4 Å². The molecule has 3 amide bonds. The zero-order valence-corrected chi connectivity index (χ0v) is 32.8. The number of amides is 3. The number of nitrogens with one attached hydrogen (secondary N) is 2. The number of hydrogen-bond donors (Lipinski definition) is 2.